The first-order valence-electron chi connectivity index (χ1n) is 7.91. The molecule has 21 heavy (non-hydrogen) atoms. The monoisotopic (exact) mass is 286 g/mol. The van der Waals surface area contributed by atoms with Crippen LogP contribution in [0.15, 0.2) is 24.3 Å². The summed E-state index contributed by atoms with van der Waals surface area (Å²) in [5, 5.41) is 2.55. The Bertz CT molecular complexity index is 502. The van der Waals surface area contributed by atoms with Crippen LogP contribution in [0.25, 0.3) is 0 Å². The van der Waals surface area contributed by atoms with Crippen LogP contribution in [-0.4, -0.2) is 29.9 Å². The van der Waals surface area contributed by atoms with E-state index in [2.05, 4.69) is 29.6 Å². The number of urea groups is 1. The zero-order valence-electron chi connectivity index (χ0n) is 12.3. The van der Waals surface area contributed by atoms with E-state index in [0.29, 0.717) is 6.54 Å². The third-order valence-electron chi connectivity index (χ3n) is 4.62. The lowest BCUT2D eigenvalue weighted by Gasteiger charge is -2.22. The molecule has 1 aliphatic heterocycles. The van der Waals surface area contributed by atoms with Crippen LogP contribution >= 0.6 is 0 Å². The molecule has 1 N–H and O–H groups in total. The van der Waals surface area contributed by atoms with E-state index in [0.717, 1.165) is 12.3 Å². The fourth-order valence-electron chi connectivity index (χ4n) is 3.31. The molecule has 0 aromatic heterocycles. The van der Waals surface area contributed by atoms with Crippen LogP contribution in [-0.2, 0) is 11.2 Å². The van der Waals surface area contributed by atoms with E-state index in [1.54, 1.807) is 0 Å². The van der Waals surface area contributed by atoms with Crippen molar-refractivity contribution in [1.29, 1.82) is 0 Å². The van der Waals surface area contributed by atoms with Crippen LogP contribution in [0.3, 0.4) is 0 Å². The zero-order valence-corrected chi connectivity index (χ0v) is 12.3. The number of hydrogen-bond donors (Lipinski definition) is 1. The van der Waals surface area contributed by atoms with E-state index >= 15 is 0 Å². The summed E-state index contributed by atoms with van der Waals surface area (Å²) < 4.78 is 0. The number of carbonyl (C=O) groups is 2. The lowest BCUT2D eigenvalue weighted by atomic mass is 9.84. The summed E-state index contributed by atoms with van der Waals surface area (Å²) in [5.74, 6) is 0.595. The van der Waals surface area contributed by atoms with E-state index in [-0.39, 0.29) is 18.5 Å². The second-order valence-electron chi connectivity index (χ2n) is 6.03. The second-order valence-corrected chi connectivity index (χ2v) is 6.03. The molecule has 1 aromatic rings. The van der Waals surface area contributed by atoms with E-state index in [1.165, 1.54) is 48.1 Å². The summed E-state index contributed by atoms with van der Waals surface area (Å²) >= 11 is 0. The van der Waals surface area contributed by atoms with Crippen LogP contribution in [0.5, 0.6) is 0 Å². The first kappa shape index (κ1) is 14.1. The van der Waals surface area contributed by atoms with Gasteiger partial charge in [-0.05, 0) is 36.3 Å². The van der Waals surface area contributed by atoms with Crippen molar-refractivity contribution in [3.05, 3.63) is 35.4 Å². The number of amides is 3. The topological polar surface area (TPSA) is 49.4 Å². The highest BCUT2D eigenvalue weighted by Gasteiger charge is 2.27. The maximum atomic E-state index is 11.5. The normalized spacial score (nSPS) is 19.9. The Labute approximate surface area is 125 Å². The van der Waals surface area contributed by atoms with Gasteiger partial charge in [0.15, 0.2) is 0 Å². The number of hydrogen-bond acceptors (Lipinski definition) is 2. The van der Waals surface area contributed by atoms with Gasteiger partial charge in [0.2, 0.25) is 5.91 Å². The fourth-order valence-corrected chi connectivity index (χ4v) is 3.31. The van der Waals surface area contributed by atoms with Crippen molar-refractivity contribution in [2.24, 2.45) is 0 Å². The van der Waals surface area contributed by atoms with E-state index in [1.807, 2.05) is 0 Å². The van der Waals surface area contributed by atoms with Crippen molar-refractivity contribution in [3.63, 3.8) is 0 Å². The van der Waals surface area contributed by atoms with Crippen LogP contribution in [0.1, 0.15) is 49.1 Å². The highest BCUT2D eigenvalue weighted by Crippen LogP contribution is 2.32. The van der Waals surface area contributed by atoms with Crippen molar-refractivity contribution >= 4 is 11.9 Å². The number of carbonyl (C=O) groups excluding carboxylic acids is 2. The van der Waals surface area contributed by atoms with Crippen LogP contribution in [0.4, 0.5) is 4.79 Å². The third kappa shape index (κ3) is 3.26. The van der Waals surface area contributed by atoms with Gasteiger partial charge >= 0.3 is 6.03 Å². The molecule has 0 bridgehead atoms. The molecule has 1 heterocycles. The summed E-state index contributed by atoms with van der Waals surface area (Å²) in [5.41, 5.74) is 2.62. The van der Waals surface area contributed by atoms with Crippen molar-refractivity contribution in [2.45, 2.75) is 44.4 Å². The number of rotatable bonds is 4. The van der Waals surface area contributed by atoms with E-state index in [4.69, 9.17) is 0 Å². The second kappa shape index (κ2) is 6.29. The molecule has 112 valence electrons. The number of benzene rings is 1. The molecule has 3 rings (SSSR count). The molecule has 1 aliphatic carbocycles. The first-order valence-corrected chi connectivity index (χ1v) is 7.91. The summed E-state index contributed by atoms with van der Waals surface area (Å²) in [6, 6.07) is 8.46. The molecule has 1 saturated carbocycles. The van der Waals surface area contributed by atoms with Gasteiger partial charge in [0.1, 0.15) is 0 Å². The number of nitrogens with one attached hydrogen (secondary N) is 1. The van der Waals surface area contributed by atoms with Gasteiger partial charge < -0.3 is 5.32 Å². The molecule has 2 fully saturated rings. The molecule has 0 radical (unpaired) electrons. The smallest absolute Gasteiger partial charge is 0.324 e. The summed E-state index contributed by atoms with van der Waals surface area (Å²) in [4.78, 5) is 24.3. The van der Waals surface area contributed by atoms with Gasteiger partial charge in [-0.1, -0.05) is 43.5 Å². The van der Waals surface area contributed by atoms with Crippen molar-refractivity contribution in [1.82, 2.24) is 10.2 Å². The number of nitrogens with zero attached hydrogens (tertiary/aromatic N) is 1. The highest BCUT2D eigenvalue weighted by molar-refractivity contribution is 6.01. The molecule has 0 unspecified atom stereocenters. The molecule has 3 amide bonds. The fraction of sp³-hybridized carbons (Fsp3) is 0.529. The first-order chi connectivity index (χ1) is 10.2. The predicted molar refractivity (Wildman–Crippen MR) is 81.1 cm³/mol. The van der Waals surface area contributed by atoms with Crippen molar-refractivity contribution in [2.75, 3.05) is 13.1 Å². The standard InChI is InChI=1S/C17H22N2O2/c20-16-12-18-17(21)19(16)11-10-13-6-8-15(9-7-13)14-4-2-1-3-5-14/h6-9,14H,1-5,10-12H2,(H,18,21). The van der Waals surface area contributed by atoms with Gasteiger partial charge in [0.25, 0.3) is 0 Å². The summed E-state index contributed by atoms with van der Waals surface area (Å²) in [7, 11) is 0. The Balaban J connectivity index is 1.57. The largest absolute Gasteiger partial charge is 0.329 e. The molecule has 1 saturated heterocycles. The van der Waals surface area contributed by atoms with E-state index in [9.17, 15) is 9.59 Å². The molecule has 4 nitrogen and oxygen atoms in total. The highest BCUT2D eigenvalue weighted by atomic mass is 16.2. The third-order valence-corrected chi connectivity index (χ3v) is 4.62. The predicted octanol–water partition coefficient (Wildman–Crippen LogP) is 2.83. The lowest BCUT2D eigenvalue weighted by molar-refractivity contribution is -0.124. The number of imide groups is 1. The maximum absolute atomic E-state index is 11.5. The molecule has 0 spiro atoms. The van der Waals surface area contributed by atoms with Gasteiger partial charge in [0, 0.05) is 6.54 Å². The van der Waals surface area contributed by atoms with Gasteiger partial charge in [0.05, 0.1) is 6.54 Å². The van der Waals surface area contributed by atoms with Gasteiger partial charge in [-0.25, -0.2) is 4.79 Å². The van der Waals surface area contributed by atoms with Crippen molar-refractivity contribution in [3.8, 4) is 0 Å². The van der Waals surface area contributed by atoms with Crippen LogP contribution in [0.2, 0.25) is 0 Å². The maximum Gasteiger partial charge on any atom is 0.324 e. The quantitative estimate of drug-likeness (QED) is 0.865. The minimum atomic E-state index is -0.265. The lowest BCUT2D eigenvalue weighted by Crippen LogP contribution is -2.32. The molecular weight excluding hydrogens is 264 g/mol. The van der Waals surface area contributed by atoms with E-state index < -0.39 is 0 Å². The SMILES string of the molecule is O=C1CNC(=O)N1CCc1ccc(C2CCCCC2)cc1. The Hall–Kier alpha value is -1.84. The van der Waals surface area contributed by atoms with Crippen molar-refractivity contribution < 1.29 is 9.59 Å². The Kier molecular flexibility index (Phi) is 4.23. The molecule has 2 aliphatic rings. The molecule has 0 atom stereocenters. The van der Waals surface area contributed by atoms with Crippen LogP contribution < -0.4 is 5.32 Å². The van der Waals surface area contributed by atoms with Gasteiger partial charge in [-0.15, -0.1) is 0 Å². The minimum Gasteiger partial charge on any atom is -0.329 e. The molecule has 1 aromatic carbocycles. The Morgan fingerprint density at radius 1 is 1.05 bits per heavy atom. The molecular formula is C17H22N2O2. The summed E-state index contributed by atoms with van der Waals surface area (Å²) in [6.07, 6.45) is 7.41. The summed E-state index contributed by atoms with van der Waals surface area (Å²) in [6.45, 7) is 0.604. The zero-order chi connectivity index (χ0) is 14.7. The van der Waals surface area contributed by atoms with Gasteiger partial charge in [-0.2, -0.15) is 0 Å². The molecule has 4 heteroatoms. The Morgan fingerprint density at radius 2 is 1.76 bits per heavy atom. The van der Waals surface area contributed by atoms with Crippen LogP contribution in [0, 0.1) is 0 Å². The average Bonchev–Trinajstić information content (AvgIpc) is 2.85. The van der Waals surface area contributed by atoms with Gasteiger partial charge in [-0.3, -0.25) is 9.69 Å². The average molecular weight is 286 g/mol. The Morgan fingerprint density at radius 3 is 2.38 bits per heavy atom. The minimum absolute atomic E-state index is 0.126.